The van der Waals surface area contributed by atoms with Gasteiger partial charge in [0, 0.05) is 10.9 Å². The molecule has 3 rings (SSSR count). The highest BCUT2D eigenvalue weighted by Crippen LogP contribution is 2.26. The second-order valence-electron chi connectivity index (χ2n) is 3.86. The first kappa shape index (κ1) is 10.7. The van der Waals surface area contributed by atoms with Crippen molar-refractivity contribution >= 4 is 10.9 Å². The van der Waals surface area contributed by atoms with Crippen molar-refractivity contribution in [2.75, 3.05) is 7.11 Å². The van der Waals surface area contributed by atoms with Gasteiger partial charge in [-0.2, -0.15) is 10.2 Å². The number of pyridine rings is 1. The van der Waals surface area contributed by atoms with Crippen molar-refractivity contribution in [3.63, 3.8) is 0 Å². The largest absolute Gasteiger partial charge is 0.494 e. The lowest BCUT2D eigenvalue weighted by Crippen LogP contribution is -1.90. The standard InChI is InChI=1S/C14H11N3O/c1-18-13-4-2-3-10-5-6-12(17-14(10)13)11-7-8-15-16-9-11/h2-9H,1H3. The van der Waals surface area contributed by atoms with Crippen molar-refractivity contribution in [3.8, 4) is 17.0 Å². The van der Waals surface area contributed by atoms with E-state index in [0.29, 0.717) is 0 Å². The van der Waals surface area contributed by atoms with Gasteiger partial charge in [-0.25, -0.2) is 4.98 Å². The summed E-state index contributed by atoms with van der Waals surface area (Å²) in [5.74, 6) is 0.774. The summed E-state index contributed by atoms with van der Waals surface area (Å²) in [6.45, 7) is 0. The molecule has 0 aliphatic rings. The fraction of sp³-hybridized carbons (Fsp3) is 0.0714. The maximum atomic E-state index is 5.33. The molecule has 0 saturated carbocycles. The molecule has 0 amide bonds. The molecule has 0 N–H and O–H groups in total. The number of methoxy groups -OCH3 is 1. The molecule has 0 radical (unpaired) electrons. The molecule has 0 aliphatic carbocycles. The second kappa shape index (κ2) is 4.41. The Morgan fingerprint density at radius 3 is 2.72 bits per heavy atom. The van der Waals surface area contributed by atoms with E-state index in [1.54, 1.807) is 19.5 Å². The predicted molar refractivity (Wildman–Crippen MR) is 69.3 cm³/mol. The molecule has 0 aliphatic heterocycles. The van der Waals surface area contributed by atoms with Gasteiger partial charge in [0.2, 0.25) is 0 Å². The van der Waals surface area contributed by atoms with Gasteiger partial charge in [-0.3, -0.25) is 0 Å². The third-order valence-electron chi connectivity index (χ3n) is 2.78. The van der Waals surface area contributed by atoms with Crippen molar-refractivity contribution in [1.29, 1.82) is 0 Å². The molecule has 0 bridgehead atoms. The maximum Gasteiger partial charge on any atom is 0.145 e. The summed E-state index contributed by atoms with van der Waals surface area (Å²) >= 11 is 0. The summed E-state index contributed by atoms with van der Waals surface area (Å²) in [5.41, 5.74) is 2.66. The van der Waals surface area contributed by atoms with E-state index < -0.39 is 0 Å². The molecule has 2 heterocycles. The summed E-state index contributed by atoms with van der Waals surface area (Å²) in [6, 6.07) is 11.8. The molecule has 0 fully saturated rings. The molecule has 2 aromatic heterocycles. The Hall–Kier alpha value is -2.49. The van der Waals surface area contributed by atoms with E-state index in [-0.39, 0.29) is 0 Å². The number of rotatable bonds is 2. The van der Waals surface area contributed by atoms with Gasteiger partial charge in [-0.05, 0) is 18.2 Å². The minimum Gasteiger partial charge on any atom is -0.494 e. The normalized spacial score (nSPS) is 10.5. The number of aromatic nitrogens is 3. The third kappa shape index (κ3) is 1.78. The monoisotopic (exact) mass is 237 g/mol. The fourth-order valence-corrected chi connectivity index (χ4v) is 1.89. The second-order valence-corrected chi connectivity index (χ2v) is 3.86. The van der Waals surface area contributed by atoms with Gasteiger partial charge >= 0.3 is 0 Å². The van der Waals surface area contributed by atoms with Gasteiger partial charge in [0.25, 0.3) is 0 Å². The van der Waals surface area contributed by atoms with Crippen molar-refractivity contribution in [3.05, 3.63) is 48.8 Å². The van der Waals surface area contributed by atoms with Gasteiger partial charge in [-0.1, -0.05) is 18.2 Å². The van der Waals surface area contributed by atoms with Gasteiger partial charge in [0.15, 0.2) is 0 Å². The number of nitrogens with zero attached hydrogens (tertiary/aromatic N) is 3. The van der Waals surface area contributed by atoms with Crippen LogP contribution in [0, 0.1) is 0 Å². The minimum atomic E-state index is 0.774. The average molecular weight is 237 g/mol. The summed E-state index contributed by atoms with van der Waals surface area (Å²) < 4.78 is 5.33. The van der Waals surface area contributed by atoms with E-state index in [4.69, 9.17) is 4.74 Å². The molecular weight excluding hydrogens is 226 g/mol. The van der Waals surface area contributed by atoms with Crippen molar-refractivity contribution < 1.29 is 4.74 Å². The van der Waals surface area contributed by atoms with Crippen LogP contribution in [-0.2, 0) is 0 Å². The molecule has 0 saturated heterocycles. The Balaban J connectivity index is 2.22. The molecule has 1 aromatic carbocycles. The van der Waals surface area contributed by atoms with Crippen LogP contribution in [0.4, 0.5) is 0 Å². The summed E-state index contributed by atoms with van der Waals surface area (Å²) in [7, 11) is 1.65. The zero-order valence-corrected chi connectivity index (χ0v) is 9.87. The van der Waals surface area contributed by atoms with E-state index in [0.717, 1.165) is 27.9 Å². The number of para-hydroxylation sites is 1. The third-order valence-corrected chi connectivity index (χ3v) is 2.78. The molecule has 4 nitrogen and oxygen atoms in total. The van der Waals surface area contributed by atoms with Crippen molar-refractivity contribution in [2.45, 2.75) is 0 Å². The number of fused-ring (bicyclic) bond motifs is 1. The van der Waals surface area contributed by atoms with E-state index in [9.17, 15) is 0 Å². The highest BCUT2D eigenvalue weighted by Gasteiger charge is 2.05. The van der Waals surface area contributed by atoms with Crippen LogP contribution in [0.1, 0.15) is 0 Å². The van der Waals surface area contributed by atoms with Crippen LogP contribution in [0.5, 0.6) is 5.75 Å². The molecular formula is C14H11N3O. The van der Waals surface area contributed by atoms with Gasteiger partial charge in [0.05, 0.1) is 25.2 Å². The molecule has 18 heavy (non-hydrogen) atoms. The Labute approximate surface area is 104 Å². The highest BCUT2D eigenvalue weighted by atomic mass is 16.5. The fourth-order valence-electron chi connectivity index (χ4n) is 1.89. The average Bonchev–Trinajstić information content (AvgIpc) is 2.47. The van der Waals surface area contributed by atoms with E-state index in [1.165, 1.54) is 0 Å². The van der Waals surface area contributed by atoms with Crippen LogP contribution in [0.3, 0.4) is 0 Å². The quantitative estimate of drug-likeness (QED) is 0.687. The smallest absolute Gasteiger partial charge is 0.145 e. The zero-order chi connectivity index (χ0) is 12.4. The van der Waals surface area contributed by atoms with Gasteiger partial charge < -0.3 is 4.74 Å². The number of ether oxygens (including phenoxy) is 1. The Morgan fingerprint density at radius 1 is 1.00 bits per heavy atom. The minimum absolute atomic E-state index is 0.774. The summed E-state index contributed by atoms with van der Waals surface area (Å²) in [4.78, 5) is 4.62. The van der Waals surface area contributed by atoms with E-state index in [1.807, 2.05) is 36.4 Å². The van der Waals surface area contributed by atoms with Crippen LogP contribution < -0.4 is 4.74 Å². The lowest BCUT2D eigenvalue weighted by Gasteiger charge is -2.06. The molecule has 88 valence electrons. The summed E-state index contributed by atoms with van der Waals surface area (Å²) in [6.07, 6.45) is 3.35. The first-order valence-corrected chi connectivity index (χ1v) is 5.59. The van der Waals surface area contributed by atoms with E-state index in [2.05, 4.69) is 15.2 Å². The Kier molecular flexibility index (Phi) is 2.61. The van der Waals surface area contributed by atoms with Crippen molar-refractivity contribution in [2.24, 2.45) is 0 Å². The van der Waals surface area contributed by atoms with Crippen LogP contribution >= 0.6 is 0 Å². The molecule has 0 atom stereocenters. The predicted octanol–water partition coefficient (Wildman–Crippen LogP) is 2.70. The lowest BCUT2D eigenvalue weighted by atomic mass is 10.1. The van der Waals surface area contributed by atoms with Crippen molar-refractivity contribution in [1.82, 2.24) is 15.2 Å². The molecule has 4 heteroatoms. The summed E-state index contributed by atoms with van der Waals surface area (Å²) in [5, 5.41) is 8.68. The first-order valence-electron chi connectivity index (χ1n) is 5.59. The zero-order valence-electron chi connectivity index (χ0n) is 9.87. The Morgan fingerprint density at radius 2 is 1.94 bits per heavy atom. The van der Waals surface area contributed by atoms with Gasteiger partial charge in [0.1, 0.15) is 11.3 Å². The molecule has 0 spiro atoms. The number of hydrogen-bond donors (Lipinski definition) is 0. The van der Waals surface area contributed by atoms with Crippen LogP contribution in [0.2, 0.25) is 0 Å². The number of benzene rings is 1. The molecule has 3 aromatic rings. The number of hydrogen-bond acceptors (Lipinski definition) is 4. The van der Waals surface area contributed by atoms with Crippen LogP contribution in [0.15, 0.2) is 48.8 Å². The SMILES string of the molecule is COc1cccc2ccc(-c3ccnnc3)nc12. The lowest BCUT2D eigenvalue weighted by molar-refractivity contribution is 0.419. The maximum absolute atomic E-state index is 5.33. The van der Waals surface area contributed by atoms with E-state index >= 15 is 0 Å². The van der Waals surface area contributed by atoms with Crippen LogP contribution in [0.25, 0.3) is 22.2 Å². The first-order chi connectivity index (χ1) is 8.88. The molecule has 0 unspecified atom stereocenters. The topological polar surface area (TPSA) is 47.9 Å². The Bertz CT molecular complexity index is 683. The van der Waals surface area contributed by atoms with Crippen LogP contribution in [-0.4, -0.2) is 22.3 Å². The van der Waals surface area contributed by atoms with Gasteiger partial charge in [-0.15, -0.1) is 0 Å². The highest BCUT2D eigenvalue weighted by molar-refractivity contribution is 5.86.